The molecule has 84 valence electrons. The molecule has 0 bridgehead atoms. The van der Waals surface area contributed by atoms with Gasteiger partial charge in [0.1, 0.15) is 0 Å². The predicted octanol–water partition coefficient (Wildman–Crippen LogP) is -0.502. The van der Waals surface area contributed by atoms with Crippen LogP contribution in [-0.2, 0) is 23.9 Å². The molecule has 0 saturated carbocycles. The van der Waals surface area contributed by atoms with Gasteiger partial charge >= 0.3 is 23.9 Å². The fourth-order valence-electron chi connectivity index (χ4n) is 0.478. The number of hydrogen-bond donors (Lipinski definition) is 2. The molecule has 0 aromatic carbocycles. The number of carbonyl (C=O) groups is 4. The molecule has 0 amide bonds. The van der Waals surface area contributed by atoms with E-state index in [1.165, 1.54) is 0 Å². The van der Waals surface area contributed by atoms with Gasteiger partial charge in [-0.2, -0.15) is 0 Å². The zero-order valence-electron chi connectivity index (χ0n) is 8.09. The second kappa shape index (κ2) is 5.08. The Labute approximate surface area is 84.6 Å². The van der Waals surface area contributed by atoms with Crippen molar-refractivity contribution in [2.75, 3.05) is 0 Å². The maximum atomic E-state index is 10.9. The molecular formula is C8H10O7. The third-order valence-electron chi connectivity index (χ3n) is 1.65. The van der Waals surface area contributed by atoms with Gasteiger partial charge in [-0.05, 0) is 13.8 Å². The third kappa shape index (κ3) is 3.75. The van der Waals surface area contributed by atoms with E-state index in [1.807, 2.05) is 0 Å². The molecule has 2 unspecified atom stereocenters. The third-order valence-corrected chi connectivity index (χ3v) is 1.65. The van der Waals surface area contributed by atoms with Crippen molar-refractivity contribution in [2.24, 2.45) is 11.8 Å². The zero-order chi connectivity index (χ0) is 12.2. The zero-order valence-corrected chi connectivity index (χ0v) is 8.09. The van der Waals surface area contributed by atoms with E-state index in [-0.39, 0.29) is 0 Å². The second-order valence-corrected chi connectivity index (χ2v) is 2.86. The molecule has 0 spiro atoms. The second-order valence-electron chi connectivity index (χ2n) is 2.86. The highest BCUT2D eigenvalue weighted by Crippen LogP contribution is 2.04. The quantitative estimate of drug-likeness (QED) is 0.482. The summed E-state index contributed by atoms with van der Waals surface area (Å²) in [4.78, 5) is 42.4. The van der Waals surface area contributed by atoms with Gasteiger partial charge in [-0.15, -0.1) is 0 Å². The van der Waals surface area contributed by atoms with E-state index in [2.05, 4.69) is 4.74 Å². The number of carboxylic acids is 2. The minimum atomic E-state index is -1.50. The van der Waals surface area contributed by atoms with Crippen molar-refractivity contribution >= 4 is 23.9 Å². The van der Waals surface area contributed by atoms with Crippen molar-refractivity contribution in [1.82, 2.24) is 0 Å². The van der Waals surface area contributed by atoms with E-state index in [0.29, 0.717) is 0 Å². The number of ether oxygens (including phenoxy) is 1. The molecule has 0 aliphatic rings. The molecule has 0 fully saturated rings. The summed E-state index contributed by atoms with van der Waals surface area (Å²) in [6.07, 6.45) is 0. The standard InChI is InChI=1S/C8H10O7/c1-3(5(9)10)7(13)15-8(14)4(2)6(11)12/h3-4H,1-2H3,(H,9,10)(H,11,12). The smallest absolute Gasteiger partial charge is 0.327 e. The van der Waals surface area contributed by atoms with Crippen LogP contribution in [0.15, 0.2) is 0 Å². The summed E-state index contributed by atoms with van der Waals surface area (Å²) in [5.41, 5.74) is 0. The van der Waals surface area contributed by atoms with Gasteiger partial charge in [-0.25, -0.2) is 0 Å². The molecule has 0 heterocycles. The Morgan fingerprint density at radius 2 is 1.13 bits per heavy atom. The summed E-state index contributed by atoms with van der Waals surface area (Å²) in [5.74, 6) is -8.46. The average molecular weight is 218 g/mol. The lowest BCUT2D eigenvalue weighted by molar-refractivity contribution is -0.169. The fraction of sp³-hybridized carbons (Fsp3) is 0.500. The van der Waals surface area contributed by atoms with Gasteiger partial charge < -0.3 is 14.9 Å². The number of aliphatic carboxylic acids is 2. The van der Waals surface area contributed by atoms with Crippen LogP contribution in [0.2, 0.25) is 0 Å². The number of rotatable bonds is 4. The number of carboxylic acid groups (broad SMARTS) is 2. The van der Waals surface area contributed by atoms with Gasteiger partial charge in [-0.3, -0.25) is 19.2 Å². The molecule has 0 aliphatic carbocycles. The van der Waals surface area contributed by atoms with E-state index in [0.717, 1.165) is 13.8 Å². The lowest BCUT2D eigenvalue weighted by atomic mass is 10.2. The molecule has 0 aliphatic heterocycles. The maximum absolute atomic E-state index is 10.9. The molecule has 0 saturated heterocycles. The van der Waals surface area contributed by atoms with Crippen molar-refractivity contribution in [3.63, 3.8) is 0 Å². The largest absolute Gasteiger partial charge is 0.481 e. The van der Waals surface area contributed by atoms with E-state index >= 15 is 0 Å². The first-order valence-corrected chi connectivity index (χ1v) is 3.98. The minimum absolute atomic E-state index is 1.03. The van der Waals surface area contributed by atoms with Crippen molar-refractivity contribution < 1.29 is 34.1 Å². The SMILES string of the molecule is CC(C(=O)O)C(=O)OC(=O)C(C)C(=O)O. The van der Waals surface area contributed by atoms with Crippen LogP contribution in [0.25, 0.3) is 0 Å². The van der Waals surface area contributed by atoms with Crippen LogP contribution >= 0.6 is 0 Å². The van der Waals surface area contributed by atoms with Gasteiger partial charge in [-0.1, -0.05) is 0 Å². The van der Waals surface area contributed by atoms with Crippen LogP contribution in [0.3, 0.4) is 0 Å². The Morgan fingerprint density at radius 1 is 0.867 bits per heavy atom. The first kappa shape index (κ1) is 13.1. The minimum Gasteiger partial charge on any atom is -0.481 e. The van der Waals surface area contributed by atoms with Gasteiger partial charge in [0.25, 0.3) is 0 Å². The van der Waals surface area contributed by atoms with Crippen LogP contribution in [0, 0.1) is 11.8 Å². The van der Waals surface area contributed by atoms with E-state index < -0.39 is 35.7 Å². The van der Waals surface area contributed by atoms with Gasteiger partial charge in [0.05, 0.1) is 0 Å². The summed E-state index contributed by atoms with van der Waals surface area (Å²) in [7, 11) is 0. The molecule has 7 heteroatoms. The van der Waals surface area contributed by atoms with E-state index in [4.69, 9.17) is 10.2 Å². The summed E-state index contributed by atoms with van der Waals surface area (Å²) in [5, 5.41) is 16.8. The Hall–Kier alpha value is -1.92. The monoisotopic (exact) mass is 218 g/mol. The highest BCUT2D eigenvalue weighted by atomic mass is 16.6. The lowest BCUT2D eigenvalue weighted by Gasteiger charge is -2.07. The highest BCUT2D eigenvalue weighted by Gasteiger charge is 2.29. The highest BCUT2D eigenvalue weighted by molar-refractivity contribution is 6.02. The van der Waals surface area contributed by atoms with Crippen LogP contribution in [0.5, 0.6) is 0 Å². The van der Waals surface area contributed by atoms with Crippen molar-refractivity contribution in [2.45, 2.75) is 13.8 Å². The Bertz CT molecular complexity index is 276. The van der Waals surface area contributed by atoms with E-state index in [1.54, 1.807) is 0 Å². The fourth-order valence-corrected chi connectivity index (χ4v) is 0.478. The number of carbonyl (C=O) groups excluding carboxylic acids is 2. The number of esters is 2. The predicted molar refractivity (Wildman–Crippen MR) is 44.7 cm³/mol. The Balaban J connectivity index is 4.37. The average Bonchev–Trinajstić information content (AvgIpc) is 2.14. The van der Waals surface area contributed by atoms with Crippen LogP contribution < -0.4 is 0 Å². The molecular weight excluding hydrogens is 208 g/mol. The molecule has 15 heavy (non-hydrogen) atoms. The van der Waals surface area contributed by atoms with Crippen LogP contribution in [-0.4, -0.2) is 34.1 Å². The molecule has 2 atom stereocenters. The number of hydrogen-bond acceptors (Lipinski definition) is 5. The lowest BCUT2D eigenvalue weighted by Crippen LogP contribution is -2.30. The molecule has 0 radical (unpaired) electrons. The molecule has 0 aromatic rings. The molecule has 0 rings (SSSR count). The van der Waals surface area contributed by atoms with Crippen LogP contribution in [0.1, 0.15) is 13.8 Å². The van der Waals surface area contributed by atoms with Crippen LogP contribution in [0.4, 0.5) is 0 Å². The van der Waals surface area contributed by atoms with E-state index in [9.17, 15) is 19.2 Å². The summed E-state index contributed by atoms with van der Waals surface area (Å²) in [6, 6.07) is 0. The van der Waals surface area contributed by atoms with Crippen molar-refractivity contribution in [1.29, 1.82) is 0 Å². The molecule has 7 nitrogen and oxygen atoms in total. The maximum Gasteiger partial charge on any atom is 0.327 e. The van der Waals surface area contributed by atoms with Crippen molar-refractivity contribution in [3.05, 3.63) is 0 Å². The first-order chi connectivity index (χ1) is 6.77. The first-order valence-electron chi connectivity index (χ1n) is 3.98. The summed E-state index contributed by atoms with van der Waals surface area (Å²) in [6.45, 7) is 2.06. The molecule has 2 N–H and O–H groups in total. The summed E-state index contributed by atoms with van der Waals surface area (Å²) >= 11 is 0. The van der Waals surface area contributed by atoms with Gasteiger partial charge in [0, 0.05) is 0 Å². The van der Waals surface area contributed by atoms with Gasteiger partial charge in [0.2, 0.25) is 0 Å². The van der Waals surface area contributed by atoms with Gasteiger partial charge in [0.15, 0.2) is 11.8 Å². The topological polar surface area (TPSA) is 118 Å². The Morgan fingerprint density at radius 3 is 1.33 bits per heavy atom. The Kier molecular flexibility index (Phi) is 4.43. The van der Waals surface area contributed by atoms with Crippen molar-refractivity contribution in [3.8, 4) is 0 Å². The summed E-state index contributed by atoms with van der Waals surface area (Å²) < 4.78 is 4.06. The normalized spacial score (nSPS) is 13.7. The molecule has 0 aromatic heterocycles.